The summed E-state index contributed by atoms with van der Waals surface area (Å²) in [6, 6.07) is 1.77. The molecule has 0 spiro atoms. The molecule has 3 nitrogen and oxygen atoms in total. The van der Waals surface area contributed by atoms with Crippen LogP contribution in [0.15, 0.2) is 14.3 Å². The van der Waals surface area contributed by atoms with Crippen LogP contribution in [0.4, 0.5) is 0 Å². The van der Waals surface area contributed by atoms with Crippen molar-refractivity contribution < 1.29 is 9.90 Å². The Morgan fingerprint density at radius 2 is 2.27 bits per heavy atom. The van der Waals surface area contributed by atoms with Crippen LogP contribution in [0.3, 0.4) is 0 Å². The van der Waals surface area contributed by atoms with E-state index in [4.69, 9.17) is 5.11 Å². The predicted molar refractivity (Wildman–Crippen MR) is 68.4 cm³/mol. The lowest BCUT2D eigenvalue weighted by Gasteiger charge is -2.17. The molecule has 0 aromatic carbocycles. The van der Waals surface area contributed by atoms with E-state index >= 15 is 0 Å². The van der Waals surface area contributed by atoms with Crippen molar-refractivity contribution in [3.8, 4) is 0 Å². The average Bonchev–Trinajstić information content (AvgIpc) is 2.44. The number of thiophene rings is 1. The Morgan fingerprint density at radius 3 is 2.67 bits per heavy atom. The third-order valence-electron chi connectivity index (χ3n) is 1.74. The Balaban J connectivity index is 2.76. The molecule has 0 aliphatic heterocycles. The molecule has 1 aromatic heterocycles. The normalized spacial score (nSPS) is 12.6. The van der Waals surface area contributed by atoms with Crippen molar-refractivity contribution in [2.24, 2.45) is 0 Å². The van der Waals surface area contributed by atoms with E-state index in [0.29, 0.717) is 11.4 Å². The topological polar surface area (TPSA) is 40.5 Å². The van der Waals surface area contributed by atoms with Gasteiger partial charge in [0.2, 0.25) is 0 Å². The minimum Gasteiger partial charge on any atom is -0.392 e. The second kappa shape index (κ2) is 5.43. The maximum atomic E-state index is 11.8. The van der Waals surface area contributed by atoms with Gasteiger partial charge in [-0.3, -0.25) is 4.79 Å². The molecule has 0 aliphatic carbocycles. The van der Waals surface area contributed by atoms with Gasteiger partial charge in [0.25, 0.3) is 5.91 Å². The number of hydrogen-bond acceptors (Lipinski definition) is 3. The third kappa shape index (κ3) is 3.55. The molecule has 1 aromatic rings. The Kier molecular flexibility index (Phi) is 4.76. The lowest BCUT2D eigenvalue weighted by Crippen LogP contribution is -2.32. The lowest BCUT2D eigenvalue weighted by atomic mass is 10.3. The van der Waals surface area contributed by atoms with Gasteiger partial charge in [-0.05, 0) is 44.8 Å². The van der Waals surface area contributed by atoms with E-state index in [-0.39, 0.29) is 5.91 Å². The summed E-state index contributed by atoms with van der Waals surface area (Å²) < 4.78 is 1.78. The predicted octanol–water partition coefficient (Wildman–Crippen LogP) is 2.73. The molecule has 0 radical (unpaired) electrons. The summed E-state index contributed by atoms with van der Waals surface area (Å²) in [5.74, 6) is -0.0766. The highest BCUT2D eigenvalue weighted by Gasteiger charge is 2.16. The van der Waals surface area contributed by atoms with Crippen molar-refractivity contribution >= 4 is 49.1 Å². The van der Waals surface area contributed by atoms with Crippen molar-refractivity contribution in [2.75, 3.05) is 13.6 Å². The number of amides is 1. The van der Waals surface area contributed by atoms with E-state index in [1.807, 2.05) is 0 Å². The fourth-order valence-electron chi connectivity index (χ4n) is 1.12. The van der Waals surface area contributed by atoms with E-state index < -0.39 is 6.10 Å². The Hall–Kier alpha value is 0.0900. The second-order valence-corrected chi connectivity index (χ2v) is 6.49. The number of carbonyl (C=O) groups is 1. The van der Waals surface area contributed by atoms with Gasteiger partial charge in [0, 0.05) is 18.1 Å². The largest absolute Gasteiger partial charge is 0.392 e. The van der Waals surface area contributed by atoms with Crippen LogP contribution in [0.2, 0.25) is 0 Å². The molecule has 1 rings (SSSR count). The molecule has 1 atom stereocenters. The number of aliphatic hydroxyl groups excluding tert-OH is 1. The van der Waals surface area contributed by atoms with Gasteiger partial charge in [-0.15, -0.1) is 11.3 Å². The van der Waals surface area contributed by atoms with E-state index in [0.717, 1.165) is 8.26 Å². The molecular weight excluding hydrogens is 346 g/mol. The molecule has 1 unspecified atom stereocenters. The van der Waals surface area contributed by atoms with Crippen molar-refractivity contribution in [2.45, 2.75) is 13.0 Å². The minimum atomic E-state index is -0.509. The summed E-state index contributed by atoms with van der Waals surface area (Å²) in [6.45, 7) is 2.00. The van der Waals surface area contributed by atoms with Crippen LogP contribution in [0.25, 0.3) is 0 Å². The van der Waals surface area contributed by atoms with Crippen LogP contribution in [0, 0.1) is 0 Å². The van der Waals surface area contributed by atoms with Gasteiger partial charge < -0.3 is 10.0 Å². The fraction of sp³-hybridized carbons (Fsp3) is 0.444. The van der Waals surface area contributed by atoms with E-state index in [1.54, 1.807) is 20.0 Å². The number of hydrogen-bond donors (Lipinski definition) is 1. The first-order valence-corrected chi connectivity index (χ1v) is 6.70. The summed E-state index contributed by atoms with van der Waals surface area (Å²) >= 11 is 8.04. The first kappa shape index (κ1) is 13.2. The van der Waals surface area contributed by atoms with Crippen molar-refractivity contribution in [3.05, 3.63) is 19.2 Å². The van der Waals surface area contributed by atoms with Gasteiger partial charge in [-0.2, -0.15) is 0 Å². The van der Waals surface area contributed by atoms with E-state index in [1.165, 1.54) is 16.2 Å². The zero-order chi connectivity index (χ0) is 11.6. The van der Waals surface area contributed by atoms with Gasteiger partial charge in [-0.25, -0.2) is 0 Å². The Morgan fingerprint density at radius 1 is 1.67 bits per heavy atom. The summed E-state index contributed by atoms with van der Waals surface area (Å²) in [7, 11) is 1.68. The monoisotopic (exact) mass is 355 g/mol. The zero-order valence-corrected chi connectivity index (χ0v) is 12.3. The van der Waals surface area contributed by atoms with Gasteiger partial charge in [0.1, 0.15) is 0 Å². The van der Waals surface area contributed by atoms with Crippen molar-refractivity contribution in [1.29, 1.82) is 0 Å². The van der Waals surface area contributed by atoms with Crippen LogP contribution in [0.1, 0.15) is 16.6 Å². The molecule has 1 heterocycles. The first-order valence-electron chi connectivity index (χ1n) is 4.30. The molecule has 15 heavy (non-hydrogen) atoms. The van der Waals surface area contributed by atoms with Gasteiger partial charge in [0.05, 0.1) is 14.8 Å². The van der Waals surface area contributed by atoms with Crippen molar-refractivity contribution in [3.63, 3.8) is 0 Å². The van der Waals surface area contributed by atoms with Crippen LogP contribution >= 0.6 is 43.2 Å². The number of likely N-dealkylation sites (N-methyl/N-ethyl adjacent to an activating group) is 1. The minimum absolute atomic E-state index is 0.0766. The number of halogens is 2. The second-order valence-electron chi connectivity index (χ2n) is 3.27. The summed E-state index contributed by atoms with van der Waals surface area (Å²) in [5, 5.41) is 9.17. The summed E-state index contributed by atoms with van der Waals surface area (Å²) in [4.78, 5) is 14.0. The van der Waals surface area contributed by atoms with E-state index in [2.05, 4.69) is 31.9 Å². The molecule has 84 valence electrons. The SMILES string of the molecule is CC(O)CN(C)C(=O)c1cc(Br)c(Br)s1. The summed E-state index contributed by atoms with van der Waals surface area (Å²) in [5.41, 5.74) is 0. The molecule has 0 fully saturated rings. The van der Waals surface area contributed by atoms with Crippen LogP contribution < -0.4 is 0 Å². The number of carbonyl (C=O) groups excluding carboxylic acids is 1. The quantitative estimate of drug-likeness (QED) is 0.904. The summed E-state index contributed by atoms with van der Waals surface area (Å²) in [6.07, 6.45) is -0.509. The smallest absolute Gasteiger partial charge is 0.263 e. The highest BCUT2D eigenvalue weighted by Crippen LogP contribution is 2.32. The van der Waals surface area contributed by atoms with Gasteiger partial charge in [0.15, 0.2) is 0 Å². The molecule has 0 aliphatic rings. The van der Waals surface area contributed by atoms with Gasteiger partial charge >= 0.3 is 0 Å². The van der Waals surface area contributed by atoms with Crippen LogP contribution in [-0.4, -0.2) is 35.6 Å². The third-order valence-corrected chi connectivity index (χ3v) is 4.98. The molecule has 1 N–H and O–H groups in total. The number of aliphatic hydroxyl groups is 1. The van der Waals surface area contributed by atoms with Crippen LogP contribution in [0.5, 0.6) is 0 Å². The maximum Gasteiger partial charge on any atom is 0.263 e. The number of nitrogens with zero attached hydrogens (tertiary/aromatic N) is 1. The Bertz CT molecular complexity index is 345. The van der Waals surface area contributed by atoms with Crippen molar-refractivity contribution in [1.82, 2.24) is 4.90 Å². The molecule has 0 saturated carbocycles. The first-order chi connectivity index (χ1) is 6.91. The highest BCUT2D eigenvalue weighted by atomic mass is 79.9. The average molecular weight is 357 g/mol. The molecular formula is C9H11Br2NO2S. The molecule has 0 saturated heterocycles. The zero-order valence-electron chi connectivity index (χ0n) is 8.33. The molecule has 0 bridgehead atoms. The molecule has 1 amide bonds. The maximum absolute atomic E-state index is 11.8. The lowest BCUT2D eigenvalue weighted by molar-refractivity contribution is 0.0708. The van der Waals surface area contributed by atoms with Gasteiger partial charge in [-0.1, -0.05) is 0 Å². The molecule has 6 heteroatoms. The van der Waals surface area contributed by atoms with E-state index in [9.17, 15) is 4.79 Å². The van der Waals surface area contributed by atoms with Crippen LogP contribution in [-0.2, 0) is 0 Å². The fourth-order valence-corrected chi connectivity index (χ4v) is 3.15. The number of rotatable bonds is 3. The standard InChI is InChI=1S/C9H11Br2NO2S/c1-5(13)4-12(2)9(14)7-3-6(10)8(11)15-7/h3,5,13H,4H2,1-2H3. The Labute approximate surface area is 109 Å². The highest BCUT2D eigenvalue weighted by molar-refractivity contribution is 9.13.